The van der Waals surface area contributed by atoms with E-state index in [4.69, 9.17) is 11.6 Å². The number of hydrogen-bond acceptors (Lipinski definition) is 4. The fourth-order valence-corrected chi connectivity index (χ4v) is 2.73. The summed E-state index contributed by atoms with van der Waals surface area (Å²) in [5, 5.41) is 11.1. The highest BCUT2D eigenvalue weighted by Gasteiger charge is 2.30. The summed E-state index contributed by atoms with van der Waals surface area (Å²) < 4.78 is 0. The second-order valence-corrected chi connectivity index (χ2v) is 5.36. The molecule has 0 aliphatic carbocycles. The molecule has 7 heteroatoms. The van der Waals surface area contributed by atoms with Crippen molar-refractivity contribution in [2.45, 2.75) is 26.2 Å². The van der Waals surface area contributed by atoms with E-state index >= 15 is 0 Å². The van der Waals surface area contributed by atoms with Gasteiger partial charge in [-0.25, -0.2) is 4.98 Å². The van der Waals surface area contributed by atoms with Crippen LogP contribution in [-0.2, 0) is 0 Å². The minimum atomic E-state index is -0.601. The first-order valence-corrected chi connectivity index (χ1v) is 7.00. The molecule has 2 heterocycles. The lowest BCUT2D eigenvalue weighted by Gasteiger charge is -2.16. The topological polar surface area (TPSA) is 76.3 Å². The molecule has 1 saturated heterocycles. The monoisotopic (exact) mass is 297 g/mol. The van der Waals surface area contributed by atoms with Crippen molar-refractivity contribution in [1.82, 2.24) is 9.88 Å². The number of aromatic nitrogens is 1. The zero-order valence-corrected chi connectivity index (χ0v) is 12.0. The number of carbonyl (C=O) groups excluding carboxylic acids is 1. The van der Waals surface area contributed by atoms with Crippen molar-refractivity contribution < 1.29 is 9.72 Å². The van der Waals surface area contributed by atoms with Gasteiger partial charge in [-0.05, 0) is 24.8 Å². The Morgan fingerprint density at radius 1 is 1.65 bits per heavy atom. The molecule has 0 spiro atoms. The van der Waals surface area contributed by atoms with Gasteiger partial charge >= 0.3 is 0 Å². The average molecular weight is 298 g/mol. The number of likely N-dealkylation sites (tertiary alicyclic amines) is 1. The average Bonchev–Trinajstić information content (AvgIpc) is 2.86. The van der Waals surface area contributed by atoms with Gasteiger partial charge in [-0.1, -0.05) is 24.9 Å². The van der Waals surface area contributed by atoms with Crippen LogP contribution in [0.1, 0.15) is 36.5 Å². The van der Waals surface area contributed by atoms with Gasteiger partial charge in [-0.3, -0.25) is 14.9 Å². The largest absolute Gasteiger partial charge is 0.338 e. The Morgan fingerprint density at radius 3 is 3.05 bits per heavy atom. The Kier molecular flexibility index (Phi) is 4.54. The van der Waals surface area contributed by atoms with Crippen LogP contribution in [0, 0.1) is 16.0 Å². The normalized spacial score (nSPS) is 18.3. The zero-order chi connectivity index (χ0) is 14.7. The Bertz CT molecular complexity index is 536. The molecule has 2 rings (SSSR count). The Labute approximate surface area is 121 Å². The third kappa shape index (κ3) is 3.07. The Hall–Kier alpha value is -1.69. The first-order valence-electron chi connectivity index (χ1n) is 6.62. The van der Waals surface area contributed by atoms with Crippen molar-refractivity contribution >= 4 is 23.2 Å². The summed E-state index contributed by atoms with van der Waals surface area (Å²) in [5.41, 5.74) is -0.273. The molecule has 1 aromatic heterocycles. The third-order valence-corrected chi connectivity index (χ3v) is 3.75. The summed E-state index contributed by atoms with van der Waals surface area (Å²) in [7, 11) is 0. The molecule has 1 fully saturated rings. The molecule has 1 amide bonds. The number of hydrogen-bond donors (Lipinski definition) is 0. The molecule has 20 heavy (non-hydrogen) atoms. The summed E-state index contributed by atoms with van der Waals surface area (Å²) in [5.74, 6) is 0.153. The van der Waals surface area contributed by atoms with E-state index in [0.717, 1.165) is 25.5 Å². The second-order valence-electron chi connectivity index (χ2n) is 4.98. The number of rotatable bonds is 4. The van der Waals surface area contributed by atoms with E-state index in [1.54, 1.807) is 4.90 Å². The predicted molar refractivity (Wildman–Crippen MR) is 74.8 cm³/mol. The molecule has 1 unspecified atom stereocenters. The second kappa shape index (κ2) is 6.17. The molecule has 0 radical (unpaired) electrons. The van der Waals surface area contributed by atoms with Crippen molar-refractivity contribution in [3.8, 4) is 0 Å². The molecule has 0 N–H and O–H groups in total. The van der Waals surface area contributed by atoms with Crippen LogP contribution in [0.2, 0.25) is 5.15 Å². The lowest BCUT2D eigenvalue weighted by atomic mass is 10.0. The van der Waals surface area contributed by atoms with Gasteiger partial charge in [0.15, 0.2) is 0 Å². The van der Waals surface area contributed by atoms with Crippen LogP contribution in [0.5, 0.6) is 0 Å². The van der Waals surface area contributed by atoms with Crippen molar-refractivity contribution in [2.24, 2.45) is 5.92 Å². The standard InChI is InChI=1S/C13H16ClN3O3/c1-2-3-9-4-5-16(8-9)13(18)10-6-12(14)15-7-11(10)17(19)20/h6-7,9H,2-5,8H2,1H3. The Morgan fingerprint density at radius 2 is 2.40 bits per heavy atom. The molecule has 1 aromatic rings. The number of nitrogens with zero attached hydrogens (tertiary/aromatic N) is 3. The van der Waals surface area contributed by atoms with E-state index < -0.39 is 4.92 Å². The van der Waals surface area contributed by atoms with Crippen molar-refractivity contribution in [1.29, 1.82) is 0 Å². The van der Waals surface area contributed by atoms with Gasteiger partial charge in [-0.15, -0.1) is 0 Å². The highest BCUT2D eigenvalue weighted by molar-refractivity contribution is 6.29. The first-order chi connectivity index (χ1) is 9.52. The van der Waals surface area contributed by atoms with Gasteiger partial charge in [-0.2, -0.15) is 0 Å². The van der Waals surface area contributed by atoms with Gasteiger partial charge in [0.25, 0.3) is 11.6 Å². The highest BCUT2D eigenvalue weighted by atomic mass is 35.5. The van der Waals surface area contributed by atoms with Crippen LogP contribution < -0.4 is 0 Å². The van der Waals surface area contributed by atoms with Gasteiger partial charge in [0.2, 0.25) is 0 Å². The number of pyridine rings is 1. The minimum Gasteiger partial charge on any atom is -0.338 e. The summed E-state index contributed by atoms with van der Waals surface area (Å²) >= 11 is 5.75. The van der Waals surface area contributed by atoms with Gasteiger partial charge in [0.1, 0.15) is 16.9 Å². The fraction of sp³-hybridized carbons (Fsp3) is 0.538. The summed E-state index contributed by atoms with van der Waals surface area (Å²) in [6, 6.07) is 1.27. The highest BCUT2D eigenvalue weighted by Crippen LogP contribution is 2.26. The number of halogens is 1. The van der Waals surface area contributed by atoms with E-state index in [0.29, 0.717) is 19.0 Å². The molecule has 0 bridgehead atoms. The zero-order valence-electron chi connectivity index (χ0n) is 11.2. The van der Waals surface area contributed by atoms with Crippen LogP contribution in [-0.4, -0.2) is 33.8 Å². The SMILES string of the molecule is CCCC1CCN(C(=O)c2cc(Cl)ncc2[N+](=O)[O-])C1. The quantitative estimate of drug-likeness (QED) is 0.486. The molecule has 0 aromatic carbocycles. The van der Waals surface area contributed by atoms with E-state index in [1.165, 1.54) is 6.07 Å². The molecular formula is C13H16ClN3O3. The van der Waals surface area contributed by atoms with Crippen LogP contribution in [0.3, 0.4) is 0 Å². The minimum absolute atomic E-state index is 0.0205. The first kappa shape index (κ1) is 14.7. The van der Waals surface area contributed by atoms with Crippen LogP contribution in [0.4, 0.5) is 5.69 Å². The number of nitro groups is 1. The number of amides is 1. The molecule has 6 nitrogen and oxygen atoms in total. The summed E-state index contributed by atoms with van der Waals surface area (Å²) in [4.78, 5) is 28.1. The van der Waals surface area contributed by atoms with E-state index in [2.05, 4.69) is 11.9 Å². The van der Waals surface area contributed by atoms with E-state index in [-0.39, 0.29) is 22.3 Å². The third-order valence-electron chi connectivity index (χ3n) is 3.55. The van der Waals surface area contributed by atoms with Crippen LogP contribution in [0.15, 0.2) is 12.3 Å². The predicted octanol–water partition coefficient (Wildman–Crippen LogP) is 2.91. The van der Waals surface area contributed by atoms with E-state index in [1.807, 2.05) is 0 Å². The van der Waals surface area contributed by atoms with Gasteiger partial charge in [0, 0.05) is 13.1 Å². The van der Waals surface area contributed by atoms with Crippen molar-refractivity contribution in [3.63, 3.8) is 0 Å². The van der Waals surface area contributed by atoms with Crippen molar-refractivity contribution in [3.05, 3.63) is 33.1 Å². The Balaban J connectivity index is 2.21. The molecule has 1 aliphatic heterocycles. The van der Waals surface area contributed by atoms with Crippen LogP contribution >= 0.6 is 11.6 Å². The molecular weight excluding hydrogens is 282 g/mol. The lowest BCUT2D eigenvalue weighted by molar-refractivity contribution is -0.385. The lowest BCUT2D eigenvalue weighted by Crippen LogP contribution is -2.29. The summed E-state index contributed by atoms with van der Waals surface area (Å²) in [6.45, 7) is 3.41. The molecule has 0 saturated carbocycles. The molecule has 1 aliphatic rings. The van der Waals surface area contributed by atoms with Crippen molar-refractivity contribution in [2.75, 3.05) is 13.1 Å². The maximum atomic E-state index is 12.4. The fourth-order valence-electron chi connectivity index (χ4n) is 2.57. The van der Waals surface area contributed by atoms with Gasteiger partial charge < -0.3 is 4.90 Å². The summed E-state index contributed by atoms with van der Waals surface area (Å²) in [6.07, 6.45) is 4.14. The molecule has 1 atom stereocenters. The van der Waals surface area contributed by atoms with Crippen LogP contribution in [0.25, 0.3) is 0 Å². The smallest absolute Gasteiger partial charge is 0.300 e. The van der Waals surface area contributed by atoms with Gasteiger partial charge in [0.05, 0.1) is 4.92 Å². The maximum Gasteiger partial charge on any atom is 0.300 e. The number of carbonyl (C=O) groups is 1. The molecule has 108 valence electrons. The van der Waals surface area contributed by atoms with E-state index in [9.17, 15) is 14.9 Å². The maximum absolute atomic E-state index is 12.4.